The zero-order valence-electron chi connectivity index (χ0n) is 18.7. The van der Waals surface area contributed by atoms with E-state index >= 15 is 0 Å². The van der Waals surface area contributed by atoms with Gasteiger partial charge in [-0.05, 0) is 42.3 Å². The first kappa shape index (κ1) is 24.0. The molecule has 1 aliphatic rings. The fourth-order valence-corrected chi connectivity index (χ4v) is 4.29. The lowest BCUT2D eigenvalue weighted by atomic mass is 10.1. The minimum Gasteiger partial charge on any atom is -0.490 e. The van der Waals surface area contributed by atoms with Crippen LogP contribution in [0.4, 0.5) is 5.69 Å². The fourth-order valence-electron chi connectivity index (χ4n) is 3.36. The van der Waals surface area contributed by atoms with E-state index in [1.165, 1.54) is 26.2 Å². The standard InChI is InChI=1S/C23H30N2O6S/c1-4-18-6-5-7-19(16-18)30-14-15-31-23(26)21-17-20(32(27,28)24(2)3)8-9-22(21)25-10-12-29-13-11-25/h5-9,16-17H,4,10-15H2,1-3H3. The Labute approximate surface area is 189 Å². The highest BCUT2D eigenvalue weighted by Crippen LogP contribution is 2.27. The molecule has 0 radical (unpaired) electrons. The molecule has 0 N–H and O–H groups in total. The minimum atomic E-state index is -3.69. The van der Waals surface area contributed by atoms with Gasteiger partial charge in [-0.25, -0.2) is 17.5 Å². The van der Waals surface area contributed by atoms with Crippen LogP contribution in [0.5, 0.6) is 5.75 Å². The van der Waals surface area contributed by atoms with Crippen LogP contribution in [0.15, 0.2) is 47.4 Å². The molecule has 9 heteroatoms. The molecule has 1 fully saturated rings. The minimum absolute atomic E-state index is 0.0408. The second-order valence-electron chi connectivity index (χ2n) is 7.55. The summed E-state index contributed by atoms with van der Waals surface area (Å²) in [5.74, 6) is 0.127. The van der Waals surface area contributed by atoms with Gasteiger partial charge in [0.25, 0.3) is 0 Å². The summed E-state index contributed by atoms with van der Waals surface area (Å²) in [6, 6.07) is 12.3. The molecule has 1 aliphatic heterocycles. The highest BCUT2D eigenvalue weighted by Gasteiger charge is 2.25. The van der Waals surface area contributed by atoms with Crippen LogP contribution in [-0.2, 0) is 25.9 Å². The molecule has 0 saturated carbocycles. The largest absolute Gasteiger partial charge is 0.490 e. The number of esters is 1. The molecule has 0 bridgehead atoms. The van der Waals surface area contributed by atoms with Gasteiger partial charge in [0.2, 0.25) is 10.0 Å². The smallest absolute Gasteiger partial charge is 0.340 e. The number of benzene rings is 2. The van der Waals surface area contributed by atoms with Crippen LogP contribution in [0.3, 0.4) is 0 Å². The molecular formula is C23H30N2O6S. The van der Waals surface area contributed by atoms with Crippen molar-refractivity contribution in [1.29, 1.82) is 0 Å². The number of hydrogen-bond donors (Lipinski definition) is 0. The third-order valence-corrected chi connectivity index (χ3v) is 7.02. The van der Waals surface area contributed by atoms with Gasteiger partial charge in [-0.15, -0.1) is 0 Å². The predicted octanol–water partition coefficient (Wildman–Crippen LogP) is 2.57. The van der Waals surface area contributed by atoms with Crippen molar-refractivity contribution in [3.8, 4) is 5.75 Å². The second kappa shape index (κ2) is 10.8. The van der Waals surface area contributed by atoms with Crippen molar-refractivity contribution in [1.82, 2.24) is 4.31 Å². The Hall–Kier alpha value is -2.62. The van der Waals surface area contributed by atoms with Gasteiger partial charge in [0, 0.05) is 27.2 Å². The molecule has 1 saturated heterocycles. The Kier molecular flexibility index (Phi) is 8.11. The summed E-state index contributed by atoms with van der Waals surface area (Å²) in [6.07, 6.45) is 0.905. The summed E-state index contributed by atoms with van der Waals surface area (Å²) >= 11 is 0. The Bertz CT molecular complexity index is 1030. The Morgan fingerprint density at radius 3 is 2.53 bits per heavy atom. The van der Waals surface area contributed by atoms with E-state index in [1.54, 1.807) is 6.07 Å². The molecule has 1 heterocycles. The van der Waals surface area contributed by atoms with E-state index in [-0.39, 0.29) is 23.7 Å². The lowest BCUT2D eigenvalue weighted by Gasteiger charge is -2.30. The van der Waals surface area contributed by atoms with E-state index in [1.807, 2.05) is 29.2 Å². The molecule has 0 aromatic heterocycles. The van der Waals surface area contributed by atoms with Crippen LogP contribution < -0.4 is 9.64 Å². The zero-order chi connectivity index (χ0) is 23.1. The lowest BCUT2D eigenvalue weighted by molar-refractivity contribution is 0.0450. The zero-order valence-corrected chi connectivity index (χ0v) is 19.6. The monoisotopic (exact) mass is 462 g/mol. The third kappa shape index (κ3) is 5.79. The van der Waals surface area contributed by atoms with Crippen LogP contribution in [0, 0.1) is 0 Å². The highest BCUT2D eigenvalue weighted by atomic mass is 32.2. The molecule has 0 spiro atoms. The van der Waals surface area contributed by atoms with Crippen molar-refractivity contribution in [2.45, 2.75) is 18.2 Å². The van der Waals surface area contributed by atoms with E-state index < -0.39 is 16.0 Å². The number of carbonyl (C=O) groups is 1. The maximum absolute atomic E-state index is 12.9. The number of ether oxygens (including phenoxy) is 3. The summed E-state index contributed by atoms with van der Waals surface area (Å²) in [5, 5.41) is 0. The average Bonchev–Trinajstić information content (AvgIpc) is 2.82. The van der Waals surface area contributed by atoms with E-state index in [2.05, 4.69) is 6.92 Å². The van der Waals surface area contributed by atoms with Crippen LogP contribution in [-0.4, -0.2) is 72.3 Å². The van der Waals surface area contributed by atoms with Gasteiger partial charge in [0.15, 0.2) is 0 Å². The van der Waals surface area contributed by atoms with E-state index in [0.29, 0.717) is 37.7 Å². The first-order valence-corrected chi connectivity index (χ1v) is 12.0. The number of morpholine rings is 1. The number of nitrogens with zero attached hydrogens (tertiary/aromatic N) is 2. The molecule has 3 rings (SSSR count). The van der Waals surface area contributed by atoms with Gasteiger partial charge in [-0.1, -0.05) is 19.1 Å². The number of carbonyl (C=O) groups excluding carboxylic acids is 1. The number of aryl methyl sites for hydroxylation is 1. The van der Waals surface area contributed by atoms with Crippen molar-refractivity contribution in [3.05, 3.63) is 53.6 Å². The number of anilines is 1. The number of hydrogen-bond acceptors (Lipinski definition) is 7. The van der Waals surface area contributed by atoms with Crippen molar-refractivity contribution < 1.29 is 27.4 Å². The second-order valence-corrected chi connectivity index (χ2v) is 9.70. The molecule has 0 atom stereocenters. The quantitative estimate of drug-likeness (QED) is 0.418. The Morgan fingerprint density at radius 2 is 1.84 bits per heavy atom. The fraction of sp³-hybridized carbons (Fsp3) is 0.435. The summed E-state index contributed by atoms with van der Waals surface area (Å²) in [6.45, 7) is 4.60. The highest BCUT2D eigenvalue weighted by molar-refractivity contribution is 7.89. The van der Waals surface area contributed by atoms with E-state index in [4.69, 9.17) is 14.2 Å². The van der Waals surface area contributed by atoms with Gasteiger partial charge in [-0.2, -0.15) is 0 Å². The van der Waals surface area contributed by atoms with E-state index in [0.717, 1.165) is 16.3 Å². The molecule has 2 aromatic rings. The van der Waals surface area contributed by atoms with Crippen LogP contribution in [0.1, 0.15) is 22.8 Å². The van der Waals surface area contributed by atoms with Crippen molar-refractivity contribution in [3.63, 3.8) is 0 Å². The Morgan fingerprint density at radius 1 is 1.09 bits per heavy atom. The molecule has 0 aliphatic carbocycles. The summed E-state index contributed by atoms with van der Waals surface area (Å²) in [5.41, 5.74) is 2.00. The van der Waals surface area contributed by atoms with Crippen LogP contribution in [0.2, 0.25) is 0 Å². The van der Waals surface area contributed by atoms with Crippen molar-refractivity contribution in [2.24, 2.45) is 0 Å². The first-order chi connectivity index (χ1) is 15.3. The first-order valence-electron chi connectivity index (χ1n) is 10.6. The summed E-state index contributed by atoms with van der Waals surface area (Å²) < 4.78 is 42.8. The molecule has 2 aromatic carbocycles. The maximum atomic E-state index is 12.9. The van der Waals surface area contributed by atoms with Crippen molar-refractivity contribution >= 4 is 21.7 Å². The van der Waals surface area contributed by atoms with E-state index in [9.17, 15) is 13.2 Å². The average molecular weight is 463 g/mol. The number of sulfonamides is 1. The van der Waals surface area contributed by atoms with Gasteiger partial charge < -0.3 is 19.1 Å². The number of rotatable bonds is 9. The summed E-state index contributed by atoms with van der Waals surface area (Å²) in [7, 11) is -0.786. The van der Waals surface area contributed by atoms with Crippen LogP contribution >= 0.6 is 0 Å². The molecule has 8 nitrogen and oxygen atoms in total. The van der Waals surface area contributed by atoms with Gasteiger partial charge in [-0.3, -0.25) is 0 Å². The SMILES string of the molecule is CCc1cccc(OCCOC(=O)c2cc(S(=O)(=O)N(C)C)ccc2N2CCOCC2)c1. The van der Waals surface area contributed by atoms with Gasteiger partial charge in [0.05, 0.1) is 29.4 Å². The predicted molar refractivity (Wildman–Crippen MR) is 122 cm³/mol. The normalized spacial score (nSPS) is 14.4. The molecular weight excluding hydrogens is 432 g/mol. The van der Waals surface area contributed by atoms with Crippen molar-refractivity contribution in [2.75, 3.05) is 58.5 Å². The maximum Gasteiger partial charge on any atom is 0.340 e. The lowest BCUT2D eigenvalue weighted by Crippen LogP contribution is -2.37. The topological polar surface area (TPSA) is 85.4 Å². The van der Waals surface area contributed by atoms with Gasteiger partial charge in [0.1, 0.15) is 19.0 Å². The molecule has 0 amide bonds. The molecule has 174 valence electrons. The van der Waals surface area contributed by atoms with Gasteiger partial charge >= 0.3 is 5.97 Å². The summed E-state index contributed by atoms with van der Waals surface area (Å²) in [4.78, 5) is 15.0. The molecule has 32 heavy (non-hydrogen) atoms. The Balaban J connectivity index is 1.74. The third-order valence-electron chi connectivity index (χ3n) is 5.21. The van der Waals surface area contributed by atoms with Crippen LogP contribution in [0.25, 0.3) is 0 Å². The molecule has 0 unspecified atom stereocenters.